The monoisotopic (exact) mass is 431 g/mol. The molecule has 32 heavy (non-hydrogen) atoms. The molecule has 4 rings (SSSR count). The summed E-state index contributed by atoms with van der Waals surface area (Å²) in [6.07, 6.45) is 2.63. The zero-order chi connectivity index (χ0) is 22.8. The number of aryl methyl sites for hydroxylation is 2. The van der Waals surface area contributed by atoms with E-state index in [9.17, 15) is 9.59 Å². The lowest BCUT2D eigenvalue weighted by molar-refractivity contribution is -0.137. The highest BCUT2D eigenvalue weighted by Gasteiger charge is 2.42. The number of carbonyl (C=O) groups excluding carboxylic acids is 2. The summed E-state index contributed by atoms with van der Waals surface area (Å²) in [7, 11) is 4.11. The van der Waals surface area contributed by atoms with Crippen LogP contribution >= 0.6 is 0 Å². The van der Waals surface area contributed by atoms with E-state index in [4.69, 9.17) is 0 Å². The summed E-state index contributed by atoms with van der Waals surface area (Å²) in [5, 5.41) is 0. The molecule has 0 aromatic heterocycles. The van der Waals surface area contributed by atoms with Crippen LogP contribution in [0.2, 0.25) is 0 Å². The van der Waals surface area contributed by atoms with Gasteiger partial charge in [0.05, 0.1) is 5.57 Å². The second-order valence-corrected chi connectivity index (χ2v) is 9.17. The number of nitrogens with zero attached hydrogens (tertiary/aromatic N) is 3. The van der Waals surface area contributed by atoms with Crippen LogP contribution in [0.1, 0.15) is 35.1 Å². The first-order chi connectivity index (χ1) is 15.4. The van der Waals surface area contributed by atoms with E-state index < -0.39 is 0 Å². The molecular formula is C27H33N3O2. The lowest BCUT2D eigenvalue weighted by Crippen LogP contribution is -2.43. The molecule has 1 fully saturated rings. The Balaban J connectivity index is 1.67. The average Bonchev–Trinajstić information content (AvgIpc) is 3.04. The maximum atomic E-state index is 13.6. The molecule has 2 aromatic carbocycles. The highest BCUT2D eigenvalue weighted by atomic mass is 16.2. The zero-order valence-electron chi connectivity index (χ0n) is 19.6. The van der Waals surface area contributed by atoms with Gasteiger partial charge in [-0.3, -0.25) is 14.5 Å². The molecule has 0 unspecified atom stereocenters. The molecular weight excluding hydrogens is 398 g/mol. The molecule has 168 valence electrons. The Kier molecular flexibility index (Phi) is 6.47. The molecule has 0 atom stereocenters. The molecule has 1 saturated heterocycles. The van der Waals surface area contributed by atoms with Crippen molar-refractivity contribution < 1.29 is 9.59 Å². The predicted molar refractivity (Wildman–Crippen MR) is 128 cm³/mol. The molecule has 0 N–H and O–H groups in total. The maximum absolute atomic E-state index is 13.6. The summed E-state index contributed by atoms with van der Waals surface area (Å²) >= 11 is 0. The number of hydrogen-bond donors (Lipinski definition) is 0. The van der Waals surface area contributed by atoms with Gasteiger partial charge in [-0.1, -0.05) is 48.5 Å². The van der Waals surface area contributed by atoms with Crippen LogP contribution < -0.4 is 0 Å². The third kappa shape index (κ3) is 4.35. The van der Waals surface area contributed by atoms with Crippen LogP contribution in [0.25, 0.3) is 5.57 Å². The van der Waals surface area contributed by atoms with Gasteiger partial charge in [-0.2, -0.15) is 0 Å². The first-order valence-corrected chi connectivity index (χ1v) is 11.5. The molecule has 2 heterocycles. The summed E-state index contributed by atoms with van der Waals surface area (Å²) < 4.78 is 0. The normalized spacial score (nSPS) is 18.1. The van der Waals surface area contributed by atoms with Crippen molar-refractivity contribution in [2.24, 2.45) is 0 Å². The Morgan fingerprint density at radius 2 is 1.62 bits per heavy atom. The number of amides is 2. The van der Waals surface area contributed by atoms with E-state index >= 15 is 0 Å². The van der Waals surface area contributed by atoms with E-state index in [1.165, 1.54) is 10.5 Å². The number of imide groups is 1. The molecule has 5 nitrogen and oxygen atoms in total. The minimum atomic E-state index is -0.177. The van der Waals surface area contributed by atoms with Crippen LogP contribution in [0.15, 0.2) is 54.2 Å². The second kappa shape index (κ2) is 9.29. The van der Waals surface area contributed by atoms with E-state index in [0.29, 0.717) is 24.2 Å². The number of benzene rings is 2. The van der Waals surface area contributed by atoms with Crippen LogP contribution in [-0.2, 0) is 16.0 Å². The fourth-order valence-electron chi connectivity index (χ4n) is 4.70. The van der Waals surface area contributed by atoms with Gasteiger partial charge in [0.1, 0.15) is 5.70 Å². The number of carbonyl (C=O) groups is 2. The number of rotatable bonds is 6. The average molecular weight is 432 g/mol. The van der Waals surface area contributed by atoms with Gasteiger partial charge in [0, 0.05) is 19.6 Å². The Morgan fingerprint density at radius 1 is 0.938 bits per heavy atom. The smallest absolute Gasteiger partial charge is 0.277 e. The molecule has 2 amide bonds. The number of likely N-dealkylation sites (tertiary alicyclic amines) is 1. The third-order valence-electron chi connectivity index (χ3n) is 6.99. The molecule has 0 spiro atoms. The Labute approximate surface area is 191 Å². The number of hydrogen-bond acceptors (Lipinski definition) is 4. The van der Waals surface area contributed by atoms with Crippen molar-refractivity contribution in [2.45, 2.75) is 39.2 Å². The predicted octanol–water partition coefficient (Wildman–Crippen LogP) is 3.65. The number of piperidine rings is 1. The first-order valence-electron chi connectivity index (χ1n) is 11.5. The minimum absolute atomic E-state index is 0.166. The summed E-state index contributed by atoms with van der Waals surface area (Å²) in [4.78, 5) is 33.1. The zero-order valence-corrected chi connectivity index (χ0v) is 19.6. The van der Waals surface area contributed by atoms with Gasteiger partial charge in [0.25, 0.3) is 11.8 Å². The van der Waals surface area contributed by atoms with Crippen LogP contribution in [-0.4, -0.2) is 66.3 Å². The van der Waals surface area contributed by atoms with Gasteiger partial charge < -0.3 is 9.80 Å². The van der Waals surface area contributed by atoms with Crippen molar-refractivity contribution in [3.05, 3.63) is 76.5 Å². The largest absolute Gasteiger partial charge is 0.366 e. The van der Waals surface area contributed by atoms with E-state index in [-0.39, 0.29) is 17.9 Å². The lowest BCUT2D eigenvalue weighted by Gasteiger charge is -2.36. The van der Waals surface area contributed by atoms with E-state index in [2.05, 4.69) is 23.8 Å². The van der Waals surface area contributed by atoms with Gasteiger partial charge in [-0.15, -0.1) is 0 Å². The van der Waals surface area contributed by atoms with E-state index in [1.807, 2.05) is 62.5 Å². The van der Waals surface area contributed by atoms with Crippen LogP contribution in [0, 0.1) is 13.8 Å². The van der Waals surface area contributed by atoms with Crippen LogP contribution in [0.5, 0.6) is 0 Å². The highest BCUT2D eigenvalue weighted by Crippen LogP contribution is 2.34. The van der Waals surface area contributed by atoms with Gasteiger partial charge in [-0.05, 0) is 75.5 Å². The van der Waals surface area contributed by atoms with Crippen molar-refractivity contribution in [1.29, 1.82) is 0 Å². The first kappa shape index (κ1) is 22.3. The number of likely N-dealkylation sites (N-methyl/N-ethyl adjacent to an activating group) is 1. The van der Waals surface area contributed by atoms with E-state index in [1.54, 1.807) is 0 Å². The Bertz CT molecular complexity index is 1040. The molecule has 0 saturated carbocycles. The molecule has 0 bridgehead atoms. The van der Waals surface area contributed by atoms with Gasteiger partial charge in [-0.25, -0.2) is 0 Å². The fraction of sp³-hybridized carbons (Fsp3) is 0.407. The molecule has 2 aliphatic heterocycles. The van der Waals surface area contributed by atoms with Crippen molar-refractivity contribution in [1.82, 2.24) is 14.7 Å². The molecule has 0 radical (unpaired) electrons. The summed E-state index contributed by atoms with van der Waals surface area (Å²) in [6, 6.07) is 16.3. The quantitative estimate of drug-likeness (QED) is 0.655. The Morgan fingerprint density at radius 3 is 2.28 bits per heavy atom. The lowest BCUT2D eigenvalue weighted by atomic mass is 9.97. The molecule has 0 aliphatic carbocycles. The third-order valence-corrected chi connectivity index (χ3v) is 6.99. The van der Waals surface area contributed by atoms with Crippen LogP contribution in [0.4, 0.5) is 0 Å². The van der Waals surface area contributed by atoms with Gasteiger partial charge in [0.2, 0.25) is 0 Å². The SMILES string of the molecule is Cc1ccc(C2=C(N(C)C3CCN(C)CC3)C(=O)N(CCc3ccccc3)C2=O)cc1C. The second-order valence-electron chi connectivity index (χ2n) is 9.17. The van der Waals surface area contributed by atoms with Crippen molar-refractivity contribution in [2.75, 3.05) is 33.7 Å². The molecule has 2 aliphatic rings. The van der Waals surface area contributed by atoms with Crippen molar-refractivity contribution in [3.63, 3.8) is 0 Å². The minimum Gasteiger partial charge on any atom is -0.366 e. The topological polar surface area (TPSA) is 43.9 Å². The summed E-state index contributed by atoms with van der Waals surface area (Å²) in [5.41, 5.74) is 5.37. The van der Waals surface area contributed by atoms with Gasteiger partial charge in [0.15, 0.2) is 0 Å². The molecule has 2 aromatic rings. The van der Waals surface area contributed by atoms with E-state index in [0.717, 1.165) is 42.6 Å². The fourth-order valence-corrected chi connectivity index (χ4v) is 4.70. The summed E-state index contributed by atoms with van der Waals surface area (Å²) in [5.74, 6) is -0.343. The molecule has 5 heteroatoms. The van der Waals surface area contributed by atoms with Crippen LogP contribution in [0.3, 0.4) is 0 Å². The van der Waals surface area contributed by atoms with Gasteiger partial charge >= 0.3 is 0 Å². The van der Waals surface area contributed by atoms with Crippen molar-refractivity contribution >= 4 is 17.4 Å². The Hall–Kier alpha value is -2.92. The highest BCUT2D eigenvalue weighted by molar-refractivity contribution is 6.35. The maximum Gasteiger partial charge on any atom is 0.277 e. The van der Waals surface area contributed by atoms with Crippen molar-refractivity contribution in [3.8, 4) is 0 Å². The summed E-state index contributed by atoms with van der Waals surface area (Å²) in [6.45, 7) is 6.50. The standard InChI is InChI=1S/C27H33N3O2/c1-19-10-11-22(18-20(19)2)24-25(29(4)23-13-15-28(3)16-14-23)27(32)30(26(24)31)17-12-21-8-6-5-7-9-21/h5-11,18,23H,12-17H2,1-4H3.